The molecule has 1 aromatic heterocycles. The third kappa shape index (κ3) is 6.71. The monoisotopic (exact) mass is 700 g/mol. The van der Waals surface area contributed by atoms with Crippen molar-refractivity contribution in [1.29, 1.82) is 0 Å². The van der Waals surface area contributed by atoms with Crippen LogP contribution in [0.4, 0.5) is 0 Å². The first-order valence-corrected chi connectivity index (χ1v) is 18.1. The predicted octanol–water partition coefficient (Wildman–Crippen LogP) is 11.5. The van der Waals surface area contributed by atoms with E-state index in [4.69, 9.17) is 20.5 Å². The molecule has 54 heavy (non-hydrogen) atoms. The van der Waals surface area contributed by atoms with Crippen LogP contribution in [0.25, 0.3) is 50.3 Å². The number of aliphatic imine (C=N–C) groups is 2. The van der Waals surface area contributed by atoms with Gasteiger partial charge in [0, 0.05) is 28.5 Å². The summed E-state index contributed by atoms with van der Waals surface area (Å²) in [6.45, 7) is 11.0. The summed E-state index contributed by atoms with van der Waals surface area (Å²) in [5, 5.41) is 5.82. The van der Waals surface area contributed by atoms with E-state index in [-0.39, 0.29) is 0 Å². The zero-order chi connectivity index (χ0) is 37.0. The minimum atomic E-state index is 0.381. The van der Waals surface area contributed by atoms with Crippen molar-refractivity contribution < 1.29 is 4.74 Å². The van der Waals surface area contributed by atoms with E-state index in [0.29, 0.717) is 36.1 Å². The lowest BCUT2D eigenvalue weighted by molar-refractivity contribution is 0.440. The third-order valence-electron chi connectivity index (χ3n) is 9.76. The molecule has 0 saturated carbocycles. The molecule has 0 unspecified atom stereocenters. The van der Waals surface area contributed by atoms with Crippen LogP contribution in [0.2, 0.25) is 0 Å². The first-order valence-electron chi connectivity index (χ1n) is 18.1. The van der Waals surface area contributed by atoms with Gasteiger partial charge in [-0.2, -0.15) is 0 Å². The van der Waals surface area contributed by atoms with Gasteiger partial charge in [0.2, 0.25) is 0 Å². The Morgan fingerprint density at radius 3 is 2.31 bits per heavy atom. The van der Waals surface area contributed by atoms with Crippen molar-refractivity contribution in [2.45, 2.75) is 19.9 Å². The van der Waals surface area contributed by atoms with Gasteiger partial charge in [-0.15, -0.1) is 0 Å². The van der Waals surface area contributed by atoms with Gasteiger partial charge in [0.25, 0.3) is 0 Å². The number of allylic oxidation sites excluding steroid dienone is 4. The van der Waals surface area contributed by atoms with Crippen LogP contribution < -0.4 is 10.5 Å². The average molecular weight is 701 g/mol. The predicted molar refractivity (Wildman–Crippen MR) is 229 cm³/mol. The molecule has 0 saturated heterocycles. The lowest BCUT2D eigenvalue weighted by Crippen LogP contribution is -2.19. The highest BCUT2D eigenvalue weighted by Gasteiger charge is 2.22. The molecular weight excluding hydrogens is 661 g/mol. The summed E-state index contributed by atoms with van der Waals surface area (Å²) in [4.78, 5) is 10.0. The second-order valence-electron chi connectivity index (χ2n) is 13.3. The van der Waals surface area contributed by atoms with Gasteiger partial charge in [-0.1, -0.05) is 141 Å². The van der Waals surface area contributed by atoms with Crippen LogP contribution in [-0.4, -0.2) is 16.2 Å². The molecule has 0 bridgehead atoms. The number of para-hydroxylation sites is 1. The van der Waals surface area contributed by atoms with Crippen molar-refractivity contribution in [3.63, 3.8) is 0 Å². The molecular formula is C49H40N4O. The summed E-state index contributed by atoms with van der Waals surface area (Å²) >= 11 is 0. The Labute approximate surface area is 315 Å². The zero-order valence-electron chi connectivity index (χ0n) is 30.2. The van der Waals surface area contributed by atoms with E-state index in [0.717, 1.165) is 55.5 Å². The van der Waals surface area contributed by atoms with Gasteiger partial charge < -0.3 is 15.0 Å². The smallest absolute Gasteiger partial charge is 0.157 e. The van der Waals surface area contributed by atoms with Gasteiger partial charge in [0.15, 0.2) is 11.6 Å². The number of benzene rings is 6. The van der Waals surface area contributed by atoms with Crippen LogP contribution in [0.3, 0.4) is 0 Å². The van der Waals surface area contributed by atoms with Crippen molar-refractivity contribution in [2.24, 2.45) is 15.7 Å². The second-order valence-corrected chi connectivity index (χ2v) is 13.3. The molecule has 1 aliphatic rings. The number of ether oxygens (including phenoxy) is 1. The highest BCUT2D eigenvalue weighted by atomic mass is 16.5. The maximum absolute atomic E-state index is 6.93. The fraction of sp³-hybridized carbons (Fsp3) is 0.0612. The normalized spacial score (nSPS) is 15.4. The summed E-state index contributed by atoms with van der Waals surface area (Å²) in [6.07, 6.45) is 12.3. The summed E-state index contributed by atoms with van der Waals surface area (Å²) in [6, 6.07) is 43.9. The summed E-state index contributed by atoms with van der Waals surface area (Å²) in [7, 11) is 0. The van der Waals surface area contributed by atoms with Crippen LogP contribution in [0, 0.1) is 0 Å². The quantitative estimate of drug-likeness (QED) is 0.133. The Kier molecular flexibility index (Phi) is 9.44. The third-order valence-corrected chi connectivity index (χ3v) is 9.76. The molecule has 5 heteroatoms. The summed E-state index contributed by atoms with van der Waals surface area (Å²) in [5.41, 5.74) is 14.7. The Morgan fingerprint density at radius 2 is 1.56 bits per heavy atom. The molecule has 7 aromatic rings. The number of nitrogens with two attached hydrogens (primary N) is 1. The number of hydrogen-bond donors (Lipinski definition) is 1. The van der Waals surface area contributed by atoms with Crippen molar-refractivity contribution in [1.82, 2.24) is 4.57 Å². The molecule has 0 aliphatic carbocycles. The first kappa shape index (κ1) is 34.1. The zero-order valence-corrected chi connectivity index (χ0v) is 30.2. The first-order chi connectivity index (χ1) is 26.5. The van der Waals surface area contributed by atoms with Crippen LogP contribution in [0.15, 0.2) is 186 Å². The Bertz CT molecular complexity index is 2740. The Hall–Kier alpha value is -6.98. The molecule has 262 valence electrons. The van der Waals surface area contributed by atoms with Crippen LogP contribution in [0.5, 0.6) is 5.75 Å². The van der Waals surface area contributed by atoms with Gasteiger partial charge in [-0.05, 0) is 76.0 Å². The molecule has 1 aliphatic heterocycles. The number of aromatic nitrogens is 1. The molecule has 5 nitrogen and oxygen atoms in total. The van der Waals surface area contributed by atoms with Crippen LogP contribution in [0.1, 0.15) is 34.9 Å². The van der Waals surface area contributed by atoms with Crippen LogP contribution >= 0.6 is 0 Å². The minimum absolute atomic E-state index is 0.381. The van der Waals surface area contributed by atoms with E-state index >= 15 is 0 Å². The molecule has 0 spiro atoms. The van der Waals surface area contributed by atoms with Crippen molar-refractivity contribution in [3.8, 4) is 11.4 Å². The van der Waals surface area contributed by atoms with E-state index in [2.05, 4.69) is 127 Å². The number of nitrogens with zero attached hydrogens (tertiary/aromatic N) is 3. The van der Waals surface area contributed by atoms with Gasteiger partial charge in [0.1, 0.15) is 11.6 Å². The van der Waals surface area contributed by atoms with Gasteiger partial charge in [-0.3, -0.25) is 4.99 Å². The second kappa shape index (κ2) is 14.9. The van der Waals surface area contributed by atoms with Gasteiger partial charge in [0.05, 0.1) is 23.4 Å². The lowest BCUT2D eigenvalue weighted by Gasteiger charge is -2.19. The fourth-order valence-corrected chi connectivity index (χ4v) is 7.16. The molecule has 2 heterocycles. The highest BCUT2D eigenvalue weighted by molar-refractivity contribution is 6.11. The maximum atomic E-state index is 6.93. The SMILES string of the molecule is C=Cc1c(/C=C\C)n(-c2cccc3c2OC(=C)\C=C/C=C(/C(N)=N/C(=N\Cc2ccc4ccccc4c2)c2ccccc2)C3)c2cc3ccccc3cc12. The fourth-order valence-electron chi connectivity index (χ4n) is 7.16. The van der Waals surface area contributed by atoms with Gasteiger partial charge in [-0.25, -0.2) is 4.99 Å². The molecule has 0 fully saturated rings. The minimum Gasteiger partial charge on any atom is -0.455 e. The van der Waals surface area contributed by atoms with Crippen molar-refractivity contribution >= 4 is 56.3 Å². The van der Waals surface area contributed by atoms with Crippen LogP contribution in [-0.2, 0) is 13.0 Å². The van der Waals surface area contributed by atoms with Gasteiger partial charge >= 0.3 is 0 Å². The topological polar surface area (TPSA) is 64.9 Å². The molecule has 2 N–H and O–H groups in total. The number of hydrogen-bond acceptors (Lipinski definition) is 2. The number of rotatable bonds is 7. The van der Waals surface area contributed by atoms with E-state index in [1.165, 1.54) is 16.2 Å². The summed E-state index contributed by atoms with van der Waals surface area (Å²) < 4.78 is 8.89. The summed E-state index contributed by atoms with van der Waals surface area (Å²) in [5.74, 6) is 2.16. The number of fused-ring (bicyclic) bond motifs is 4. The average Bonchev–Trinajstić information content (AvgIpc) is 3.53. The Balaban J connectivity index is 1.23. The maximum Gasteiger partial charge on any atom is 0.157 e. The van der Waals surface area contributed by atoms with E-state index in [1.54, 1.807) is 0 Å². The van der Waals surface area contributed by atoms with E-state index < -0.39 is 0 Å². The molecule has 0 radical (unpaired) electrons. The molecule has 0 amide bonds. The highest BCUT2D eigenvalue weighted by Crippen LogP contribution is 2.40. The molecule has 8 rings (SSSR count). The van der Waals surface area contributed by atoms with Crippen molar-refractivity contribution in [2.75, 3.05) is 0 Å². The van der Waals surface area contributed by atoms with E-state index in [9.17, 15) is 0 Å². The van der Waals surface area contributed by atoms with E-state index in [1.807, 2.05) is 61.6 Å². The van der Waals surface area contributed by atoms with Crippen molar-refractivity contribution in [3.05, 3.63) is 204 Å². The number of amidine groups is 2. The standard InChI is InChI=1S/C49H40N4O/c1-4-15-44-42(5-2)43-30-38-21-11-12-22-39(38)31-46(43)53(44)45-25-14-23-40-29-41(24-13-16-33(3)54-47(40)45)48(50)52-49(36-18-7-6-8-19-36)51-32-34-26-27-35-17-9-10-20-37(35)28-34/h4-28,30-31H,2-3,29,32H2,1H3,(H2,50,51,52)/b15-4-,16-13-,41-24+. The molecule has 0 atom stereocenters. The Morgan fingerprint density at radius 1 is 0.833 bits per heavy atom. The largest absolute Gasteiger partial charge is 0.455 e. The lowest BCUT2D eigenvalue weighted by atomic mass is 10.0. The molecule has 6 aromatic carbocycles.